The van der Waals surface area contributed by atoms with Crippen molar-refractivity contribution < 1.29 is 27.1 Å². The van der Waals surface area contributed by atoms with Crippen LogP contribution < -0.4 is 4.90 Å². The number of aliphatic hydroxyl groups is 1. The molecule has 1 aliphatic heterocycles. The number of piperidine rings is 1. The standard InChI is InChI=1S/C13H14F5NO/c14-10-4-8(7-20)5-11(15)12(10)19-3-1-2-9(6-19)13(16,17)18/h4-5,9,20H,1-3,6-7H2. The fraction of sp³-hybridized carbons (Fsp3) is 0.538. The van der Waals surface area contributed by atoms with Crippen LogP contribution in [0, 0.1) is 17.6 Å². The first-order valence-electron chi connectivity index (χ1n) is 6.23. The summed E-state index contributed by atoms with van der Waals surface area (Å²) in [4.78, 5) is 1.09. The lowest BCUT2D eigenvalue weighted by molar-refractivity contribution is -0.176. The molecule has 1 saturated heterocycles. The first-order valence-corrected chi connectivity index (χ1v) is 6.23. The van der Waals surface area contributed by atoms with Gasteiger partial charge in [-0.3, -0.25) is 0 Å². The Bertz CT molecular complexity index is 465. The summed E-state index contributed by atoms with van der Waals surface area (Å²) in [6.07, 6.45) is -4.17. The van der Waals surface area contributed by atoms with Crippen LogP contribution in [-0.4, -0.2) is 24.4 Å². The molecule has 1 atom stereocenters. The van der Waals surface area contributed by atoms with E-state index in [1.807, 2.05) is 0 Å². The van der Waals surface area contributed by atoms with Gasteiger partial charge in [-0.2, -0.15) is 13.2 Å². The molecule has 2 rings (SSSR count). The highest BCUT2D eigenvalue weighted by Crippen LogP contribution is 2.36. The van der Waals surface area contributed by atoms with E-state index in [0.29, 0.717) is 0 Å². The summed E-state index contributed by atoms with van der Waals surface area (Å²) in [6, 6.07) is 1.88. The number of benzene rings is 1. The maximum Gasteiger partial charge on any atom is 0.393 e. The van der Waals surface area contributed by atoms with Gasteiger partial charge in [-0.05, 0) is 30.5 Å². The molecule has 0 spiro atoms. The Kier molecular flexibility index (Phi) is 4.17. The Morgan fingerprint density at radius 1 is 1.20 bits per heavy atom. The zero-order valence-corrected chi connectivity index (χ0v) is 10.6. The predicted molar refractivity (Wildman–Crippen MR) is 63.3 cm³/mol. The summed E-state index contributed by atoms with van der Waals surface area (Å²) >= 11 is 0. The van der Waals surface area contributed by atoms with Crippen LogP contribution in [-0.2, 0) is 6.61 Å². The van der Waals surface area contributed by atoms with Crippen LogP contribution in [0.4, 0.5) is 27.6 Å². The van der Waals surface area contributed by atoms with Crippen molar-refractivity contribution in [1.82, 2.24) is 0 Å². The summed E-state index contributed by atoms with van der Waals surface area (Å²) in [5.74, 6) is -3.47. The van der Waals surface area contributed by atoms with E-state index >= 15 is 0 Å². The molecule has 112 valence electrons. The highest BCUT2D eigenvalue weighted by molar-refractivity contribution is 5.51. The summed E-state index contributed by atoms with van der Waals surface area (Å²) in [5, 5.41) is 8.84. The molecule has 1 aliphatic rings. The van der Waals surface area contributed by atoms with Crippen LogP contribution in [0.3, 0.4) is 0 Å². The molecule has 1 N–H and O–H groups in total. The van der Waals surface area contributed by atoms with E-state index < -0.39 is 42.6 Å². The van der Waals surface area contributed by atoms with Crippen molar-refractivity contribution in [2.45, 2.75) is 25.6 Å². The molecular weight excluding hydrogens is 281 g/mol. The molecule has 1 aromatic rings. The second-order valence-electron chi connectivity index (χ2n) is 4.89. The van der Waals surface area contributed by atoms with Gasteiger partial charge in [0.05, 0.1) is 12.5 Å². The number of rotatable bonds is 2. The van der Waals surface area contributed by atoms with Gasteiger partial charge < -0.3 is 10.0 Å². The van der Waals surface area contributed by atoms with Gasteiger partial charge in [0.25, 0.3) is 0 Å². The third-order valence-electron chi connectivity index (χ3n) is 3.46. The number of nitrogens with zero attached hydrogens (tertiary/aromatic N) is 1. The largest absolute Gasteiger partial charge is 0.393 e. The third kappa shape index (κ3) is 3.03. The molecule has 0 aromatic heterocycles. The van der Waals surface area contributed by atoms with Crippen LogP contribution in [0.25, 0.3) is 0 Å². The Labute approximate surface area is 112 Å². The highest BCUT2D eigenvalue weighted by atomic mass is 19.4. The van der Waals surface area contributed by atoms with E-state index in [-0.39, 0.29) is 24.9 Å². The van der Waals surface area contributed by atoms with Gasteiger partial charge in [0.2, 0.25) is 0 Å². The minimum atomic E-state index is -4.36. The van der Waals surface area contributed by atoms with E-state index in [1.165, 1.54) is 0 Å². The Balaban J connectivity index is 2.27. The molecule has 1 unspecified atom stereocenters. The topological polar surface area (TPSA) is 23.5 Å². The Morgan fingerprint density at radius 3 is 2.30 bits per heavy atom. The molecule has 0 saturated carbocycles. The van der Waals surface area contributed by atoms with Crippen LogP contribution in [0.5, 0.6) is 0 Å². The van der Waals surface area contributed by atoms with E-state index in [1.54, 1.807) is 0 Å². The van der Waals surface area contributed by atoms with Gasteiger partial charge in [0.15, 0.2) is 0 Å². The molecule has 0 amide bonds. The second kappa shape index (κ2) is 5.55. The van der Waals surface area contributed by atoms with Gasteiger partial charge in [-0.25, -0.2) is 8.78 Å². The molecule has 2 nitrogen and oxygen atoms in total. The van der Waals surface area contributed by atoms with Crippen molar-refractivity contribution in [3.8, 4) is 0 Å². The molecule has 0 bridgehead atoms. The van der Waals surface area contributed by atoms with Crippen molar-refractivity contribution in [3.63, 3.8) is 0 Å². The van der Waals surface area contributed by atoms with E-state index in [4.69, 9.17) is 5.11 Å². The molecule has 1 aromatic carbocycles. The lowest BCUT2D eigenvalue weighted by Gasteiger charge is -2.35. The van der Waals surface area contributed by atoms with E-state index in [9.17, 15) is 22.0 Å². The van der Waals surface area contributed by atoms with Crippen LogP contribution in [0.1, 0.15) is 18.4 Å². The monoisotopic (exact) mass is 295 g/mol. The maximum absolute atomic E-state index is 13.8. The minimum absolute atomic E-state index is 0.0298. The molecule has 20 heavy (non-hydrogen) atoms. The van der Waals surface area contributed by atoms with Crippen LogP contribution in [0.15, 0.2) is 12.1 Å². The molecule has 1 heterocycles. The van der Waals surface area contributed by atoms with Crippen molar-refractivity contribution in [2.75, 3.05) is 18.0 Å². The van der Waals surface area contributed by atoms with Crippen molar-refractivity contribution >= 4 is 5.69 Å². The third-order valence-corrected chi connectivity index (χ3v) is 3.46. The lowest BCUT2D eigenvalue weighted by Crippen LogP contribution is -2.42. The highest BCUT2D eigenvalue weighted by Gasteiger charge is 2.42. The number of aliphatic hydroxyl groups excluding tert-OH is 1. The molecule has 7 heteroatoms. The number of hydrogen-bond donors (Lipinski definition) is 1. The number of alkyl halides is 3. The summed E-state index contributed by atoms with van der Waals surface area (Å²) in [7, 11) is 0. The smallest absolute Gasteiger partial charge is 0.392 e. The number of halogens is 5. The predicted octanol–water partition coefficient (Wildman–Crippen LogP) is 3.24. The molecular formula is C13H14F5NO. The first-order chi connectivity index (χ1) is 9.32. The van der Waals surface area contributed by atoms with Crippen molar-refractivity contribution in [1.29, 1.82) is 0 Å². The van der Waals surface area contributed by atoms with Gasteiger partial charge in [-0.15, -0.1) is 0 Å². The SMILES string of the molecule is OCc1cc(F)c(N2CCCC(C(F)(F)F)C2)c(F)c1. The zero-order valence-electron chi connectivity index (χ0n) is 10.6. The normalized spacial score (nSPS) is 20.3. The summed E-state index contributed by atoms with van der Waals surface area (Å²) < 4.78 is 65.8. The van der Waals surface area contributed by atoms with Crippen LogP contribution in [0.2, 0.25) is 0 Å². The molecule has 0 aliphatic carbocycles. The van der Waals surface area contributed by atoms with E-state index in [0.717, 1.165) is 17.0 Å². The van der Waals surface area contributed by atoms with Crippen LogP contribution >= 0.6 is 0 Å². The summed E-state index contributed by atoms with van der Waals surface area (Å²) in [6.45, 7) is -0.798. The Morgan fingerprint density at radius 2 is 1.80 bits per heavy atom. The van der Waals surface area contributed by atoms with Gasteiger partial charge in [-0.1, -0.05) is 0 Å². The quantitative estimate of drug-likeness (QED) is 0.847. The number of hydrogen-bond acceptors (Lipinski definition) is 2. The van der Waals surface area contributed by atoms with Crippen molar-refractivity contribution in [3.05, 3.63) is 29.3 Å². The fourth-order valence-electron chi connectivity index (χ4n) is 2.46. The zero-order chi connectivity index (χ0) is 14.9. The lowest BCUT2D eigenvalue weighted by atomic mass is 9.96. The molecule has 0 radical (unpaired) electrons. The fourth-order valence-corrected chi connectivity index (χ4v) is 2.46. The second-order valence-corrected chi connectivity index (χ2v) is 4.89. The van der Waals surface area contributed by atoms with Gasteiger partial charge >= 0.3 is 6.18 Å². The molecule has 1 fully saturated rings. The van der Waals surface area contributed by atoms with E-state index in [2.05, 4.69) is 0 Å². The average Bonchev–Trinajstić information content (AvgIpc) is 2.37. The maximum atomic E-state index is 13.8. The number of anilines is 1. The first kappa shape index (κ1) is 15.0. The van der Waals surface area contributed by atoms with Gasteiger partial charge in [0, 0.05) is 13.1 Å². The summed E-state index contributed by atoms with van der Waals surface area (Å²) in [5.41, 5.74) is -0.399. The Hall–Kier alpha value is -1.37. The van der Waals surface area contributed by atoms with Gasteiger partial charge in [0.1, 0.15) is 17.3 Å². The van der Waals surface area contributed by atoms with Crippen molar-refractivity contribution in [2.24, 2.45) is 5.92 Å². The average molecular weight is 295 g/mol. The minimum Gasteiger partial charge on any atom is -0.392 e.